The van der Waals surface area contributed by atoms with Gasteiger partial charge in [0.15, 0.2) is 0 Å². The highest BCUT2D eigenvalue weighted by atomic mass is 16.3. The van der Waals surface area contributed by atoms with Crippen molar-refractivity contribution in [2.75, 3.05) is 18.5 Å². The number of hydrogen-bond acceptors (Lipinski definition) is 5. The summed E-state index contributed by atoms with van der Waals surface area (Å²) in [5, 5.41) is 20.7. The lowest BCUT2D eigenvalue weighted by Gasteiger charge is -2.17. The van der Waals surface area contributed by atoms with E-state index in [2.05, 4.69) is 34.9 Å². The zero-order valence-corrected chi connectivity index (χ0v) is 15.3. The summed E-state index contributed by atoms with van der Waals surface area (Å²) in [6.45, 7) is 2.62. The van der Waals surface area contributed by atoms with Crippen LogP contribution in [0.2, 0.25) is 0 Å². The number of aliphatic hydroxyl groups is 1. The van der Waals surface area contributed by atoms with E-state index in [4.69, 9.17) is 15.2 Å². The number of aromatic nitrogens is 2. The molecule has 1 aliphatic rings. The third-order valence-corrected chi connectivity index (χ3v) is 4.53. The van der Waals surface area contributed by atoms with Gasteiger partial charge in [-0.1, -0.05) is 60.7 Å². The number of nitrogens with zero attached hydrogens (tertiary/aromatic N) is 3. The molecule has 0 spiro atoms. The third kappa shape index (κ3) is 3.63. The van der Waals surface area contributed by atoms with Crippen LogP contribution in [-0.2, 0) is 0 Å². The molecule has 0 radical (unpaired) electrons. The molecule has 0 aliphatic carbocycles. The largest absolute Gasteiger partial charge is 0.395 e. The lowest BCUT2D eigenvalue weighted by molar-refractivity contribution is 0.287. The van der Waals surface area contributed by atoms with Gasteiger partial charge in [0, 0.05) is 29.8 Å². The quantitative estimate of drug-likeness (QED) is 0.653. The van der Waals surface area contributed by atoms with E-state index >= 15 is 0 Å². The van der Waals surface area contributed by atoms with Gasteiger partial charge in [0.1, 0.15) is 11.4 Å². The number of nitrogens with one attached hydrogen (secondary N) is 2. The Balaban J connectivity index is 1.87. The Labute approximate surface area is 158 Å². The molecular weight excluding hydrogens is 338 g/mol. The standard InChI is InChI=1S/C21H23N5O/c1-15-14-18(22-12-13-27)23-21-24-19(16-8-4-2-5-9-16)20(26(21)25-15)17-10-6-3-7-11-17/h2-11,18,22,27H,12-14H2,1H3,(H,23,24). The van der Waals surface area contributed by atoms with Crippen molar-refractivity contribution in [2.24, 2.45) is 5.10 Å². The van der Waals surface area contributed by atoms with Crippen LogP contribution in [0.15, 0.2) is 65.8 Å². The summed E-state index contributed by atoms with van der Waals surface area (Å²) >= 11 is 0. The number of benzene rings is 2. The van der Waals surface area contributed by atoms with Crippen molar-refractivity contribution < 1.29 is 5.11 Å². The summed E-state index contributed by atoms with van der Waals surface area (Å²) in [4.78, 5) is 4.89. The molecule has 0 saturated heterocycles. The molecule has 1 aliphatic heterocycles. The highest BCUT2D eigenvalue weighted by Gasteiger charge is 2.24. The summed E-state index contributed by atoms with van der Waals surface area (Å²) in [5.74, 6) is 0.694. The molecule has 6 heteroatoms. The summed E-state index contributed by atoms with van der Waals surface area (Å²) < 4.78 is 1.90. The molecule has 0 saturated carbocycles. The maximum absolute atomic E-state index is 9.13. The van der Waals surface area contributed by atoms with Crippen molar-refractivity contribution in [3.63, 3.8) is 0 Å². The lowest BCUT2D eigenvalue weighted by atomic mass is 10.1. The van der Waals surface area contributed by atoms with Gasteiger partial charge in [0.2, 0.25) is 5.95 Å². The molecule has 2 aromatic carbocycles. The summed E-state index contributed by atoms with van der Waals surface area (Å²) in [6, 6.07) is 20.4. The summed E-state index contributed by atoms with van der Waals surface area (Å²) in [7, 11) is 0. The van der Waals surface area contributed by atoms with Crippen LogP contribution in [0.3, 0.4) is 0 Å². The van der Waals surface area contributed by atoms with E-state index in [9.17, 15) is 0 Å². The van der Waals surface area contributed by atoms with Gasteiger partial charge < -0.3 is 10.4 Å². The van der Waals surface area contributed by atoms with E-state index in [1.165, 1.54) is 0 Å². The Kier molecular flexibility index (Phi) is 5.00. The van der Waals surface area contributed by atoms with Gasteiger partial charge in [0.25, 0.3) is 0 Å². The Bertz CT molecular complexity index is 934. The molecular formula is C21H23N5O. The number of rotatable bonds is 5. The summed E-state index contributed by atoms with van der Waals surface area (Å²) in [5.41, 5.74) is 4.96. The molecule has 6 nitrogen and oxygen atoms in total. The minimum absolute atomic E-state index is 0.0307. The second-order valence-corrected chi connectivity index (χ2v) is 6.59. The first-order chi connectivity index (χ1) is 13.3. The van der Waals surface area contributed by atoms with Crippen LogP contribution in [-0.4, -0.2) is 39.8 Å². The van der Waals surface area contributed by atoms with Gasteiger partial charge in [-0.2, -0.15) is 9.78 Å². The lowest BCUT2D eigenvalue weighted by Crippen LogP contribution is -2.39. The van der Waals surface area contributed by atoms with Crippen LogP contribution in [0.5, 0.6) is 0 Å². The zero-order valence-electron chi connectivity index (χ0n) is 15.3. The minimum Gasteiger partial charge on any atom is -0.395 e. The van der Waals surface area contributed by atoms with E-state index in [0.717, 1.165) is 34.6 Å². The second-order valence-electron chi connectivity index (χ2n) is 6.59. The molecule has 1 atom stereocenters. The Hall–Kier alpha value is -2.96. The number of hydrogen-bond donors (Lipinski definition) is 3. The smallest absolute Gasteiger partial charge is 0.226 e. The van der Waals surface area contributed by atoms with E-state index in [-0.39, 0.29) is 12.8 Å². The molecule has 1 unspecified atom stereocenters. The first-order valence-electron chi connectivity index (χ1n) is 9.15. The number of aliphatic hydroxyl groups excluding tert-OH is 1. The van der Waals surface area contributed by atoms with Crippen molar-refractivity contribution in [1.29, 1.82) is 0 Å². The molecule has 138 valence electrons. The Morgan fingerprint density at radius 3 is 2.41 bits per heavy atom. The zero-order chi connectivity index (χ0) is 18.6. The molecule has 0 amide bonds. The van der Waals surface area contributed by atoms with E-state index in [1.54, 1.807) is 0 Å². The highest BCUT2D eigenvalue weighted by molar-refractivity contribution is 5.86. The predicted molar refractivity (Wildman–Crippen MR) is 109 cm³/mol. The average molecular weight is 361 g/mol. The third-order valence-electron chi connectivity index (χ3n) is 4.53. The van der Waals surface area contributed by atoms with E-state index in [0.29, 0.717) is 12.5 Å². The Morgan fingerprint density at radius 2 is 1.74 bits per heavy atom. The first-order valence-corrected chi connectivity index (χ1v) is 9.15. The van der Waals surface area contributed by atoms with Crippen LogP contribution in [0.1, 0.15) is 13.3 Å². The van der Waals surface area contributed by atoms with Gasteiger partial charge >= 0.3 is 0 Å². The van der Waals surface area contributed by atoms with Gasteiger partial charge in [-0.15, -0.1) is 0 Å². The normalized spacial score (nSPS) is 16.2. The van der Waals surface area contributed by atoms with Crippen LogP contribution in [0.4, 0.5) is 5.95 Å². The molecule has 3 aromatic rings. The minimum atomic E-state index is -0.0307. The molecule has 0 bridgehead atoms. The summed E-state index contributed by atoms with van der Waals surface area (Å²) in [6.07, 6.45) is 0.704. The first kappa shape index (κ1) is 17.5. The maximum atomic E-state index is 9.13. The highest BCUT2D eigenvalue weighted by Crippen LogP contribution is 2.35. The van der Waals surface area contributed by atoms with Gasteiger partial charge in [-0.3, -0.25) is 5.32 Å². The molecule has 2 heterocycles. The fourth-order valence-corrected chi connectivity index (χ4v) is 3.33. The van der Waals surface area contributed by atoms with Crippen molar-refractivity contribution >= 4 is 11.7 Å². The van der Waals surface area contributed by atoms with Crippen LogP contribution in [0, 0.1) is 0 Å². The SMILES string of the molecule is CC1=Nn2c(nc(-c3ccccc3)c2-c2ccccc2)NC(NCCO)C1. The maximum Gasteiger partial charge on any atom is 0.226 e. The van der Waals surface area contributed by atoms with Gasteiger partial charge in [-0.25, -0.2) is 4.98 Å². The van der Waals surface area contributed by atoms with Gasteiger partial charge in [-0.05, 0) is 6.92 Å². The fraction of sp³-hybridized carbons (Fsp3) is 0.238. The number of anilines is 1. The Morgan fingerprint density at radius 1 is 1.07 bits per heavy atom. The molecule has 0 fully saturated rings. The van der Waals surface area contributed by atoms with Gasteiger partial charge in [0.05, 0.1) is 12.8 Å². The second kappa shape index (κ2) is 7.73. The van der Waals surface area contributed by atoms with E-state index < -0.39 is 0 Å². The van der Waals surface area contributed by atoms with Crippen molar-refractivity contribution in [2.45, 2.75) is 19.5 Å². The number of fused-ring (bicyclic) bond motifs is 1. The van der Waals surface area contributed by atoms with Crippen molar-refractivity contribution in [3.8, 4) is 22.5 Å². The average Bonchev–Trinajstić information content (AvgIpc) is 2.96. The molecule has 1 aromatic heterocycles. The van der Waals surface area contributed by atoms with Crippen molar-refractivity contribution in [3.05, 3.63) is 60.7 Å². The number of imidazole rings is 1. The predicted octanol–water partition coefficient (Wildman–Crippen LogP) is 3.16. The van der Waals surface area contributed by atoms with Crippen molar-refractivity contribution in [1.82, 2.24) is 15.0 Å². The molecule has 3 N–H and O–H groups in total. The van der Waals surface area contributed by atoms with E-state index in [1.807, 2.05) is 48.0 Å². The monoisotopic (exact) mass is 361 g/mol. The van der Waals surface area contributed by atoms with Crippen LogP contribution >= 0.6 is 0 Å². The topological polar surface area (TPSA) is 74.5 Å². The molecule has 4 rings (SSSR count). The fourth-order valence-electron chi connectivity index (χ4n) is 3.33. The van der Waals surface area contributed by atoms with Crippen LogP contribution in [0.25, 0.3) is 22.5 Å². The van der Waals surface area contributed by atoms with Crippen LogP contribution < -0.4 is 10.6 Å². The molecule has 27 heavy (non-hydrogen) atoms.